The Labute approximate surface area is 214 Å². The molecular formula is C27H36N4O4S. The summed E-state index contributed by atoms with van der Waals surface area (Å²) in [6, 6.07) is 13.5. The number of nitrogens with zero attached hydrogens (tertiary/aromatic N) is 3. The van der Waals surface area contributed by atoms with Crippen LogP contribution >= 0.6 is 0 Å². The average molecular weight is 513 g/mol. The Morgan fingerprint density at radius 2 is 1.64 bits per heavy atom. The summed E-state index contributed by atoms with van der Waals surface area (Å²) in [6.45, 7) is 8.31. The Balaban J connectivity index is 1.56. The molecule has 194 valence electrons. The lowest BCUT2D eigenvalue weighted by Gasteiger charge is -2.39. The monoisotopic (exact) mass is 512 g/mol. The van der Waals surface area contributed by atoms with Crippen LogP contribution in [-0.4, -0.2) is 73.6 Å². The summed E-state index contributed by atoms with van der Waals surface area (Å²) in [5.41, 5.74) is 2.54. The largest absolute Gasteiger partial charge is 0.340 e. The number of fused-ring (bicyclic) bond motifs is 1. The molecule has 0 saturated carbocycles. The van der Waals surface area contributed by atoms with Gasteiger partial charge in [-0.05, 0) is 54.8 Å². The average Bonchev–Trinajstić information content (AvgIpc) is 2.89. The number of rotatable bonds is 8. The number of piperazine rings is 1. The van der Waals surface area contributed by atoms with Crippen LogP contribution in [0.5, 0.6) is 0 Å². The van der Waals surface area contributed by atoms with Gasteiger partial charge in [0.2, 0.25) is 21.8 Å². The normalized spacial score (nSPS) is 19.1. The highest BCUT2D eigenvalue weighted by atomic mass is 32.2. The zero-order valence-corrected chi connectivity index (χ0v) is 22.0. The summed E-state index contributed by atoms with van der Waals surface area (Å²) < 4.78 is 29.0. The fourth-order valence-electron chi connectivity index (χ4n) is 5.05. The molecular weight excluding hydrogens is 476 g/mol. The van der Waals surface area contributed by atoms with Gasteiger partial charge in [0.25, 0.3) is 0 Å². The molecule has 8 nitrogen and oxygen atoms in total. The second kappa shape index (κ2) is 11.5. The summed E-state index contributed by atoms with van der Waals surface area (Å²) in [6.07, 6.45) is 2.15. The lowest BCUT2D eigenvalue weighted by Crippen LogP contribution is -2.50. The molecule has 0 radical (unpaired) electrons. The molecule has 1 N–H and O–H groups in total. The van der Waals surface area contributed by atoms with Crippen LogP contribution in [0.25, 0.3) is 0 Å². The van der Waals surface area contributed by atoms with Gasteiger partial charge in [0.1, 0.15) is 0 Å². The first-order valence-electron chi connectivity index (χ1n) is 12.8. The molecule has 0 spiro atoms. The van der Waals surface area contributed by atoms with E-state index in [1.54, 1.807) is 19.1 Å². The molecule has 2 aliphatic rings. The third-order valence-corrected chi connectivity index (χ3v) is 8.98. The van der Waals surface area contributed by atoms with Crippen molar-refractivity contribution >= 4 is 27.5 Å². The highest BCUT2D eigenvalue weighted by Crippen LogP contribution is 2.37. The summed E-state index contributed by atoms with van der Waals surface area (Å²) >= 11 is 0. The smallest absolute Gasteiger partial charge is 0.243 e. The van der Waals surface area contributed by atoms with Gasteiger partial charge in [-0.25, -0.2) is 8.42 Å². The molecule has 0 aliphatic carbocycles. The summed E-state index contributed by atoms with van der Waals surface area (Å²) in [5.74, 6) is -0.141. The molecule has 9 heteroatoms. The number of benzene rings is 2. The topological polar surface area (TPSA) is 90.0 Å². The minimum absolute atomic E-state index is 0.00863. The van der Waals surface area contributed by atoms with Crippen LogP contribution in [0, 0.1) is 0 Å². The van der Waals surface area contributed by atoms with Gasteiger partial charge in [-0.3, -0.25) is 14.5 Å². The van der Waals surface area contributed by atoms with Gasteiger partial charge in [-0.15, -0.1) is 0 Å². The van der Waals surface area contributed by atoms with Crippen LogP contribution in [0.4, 0.5) is 5.69 Å². The quantitative estimate of drug-likeness (QED) is 0.586. The minimum atomic E-state index is -3.86. The van der Waals surface area contributed by atoms with E-state index in [0.29, 0.717) is 38.2 Å². The number of amides is 2. The van der Waals surface area contributed by atoms with Crippen molar-refractivity contribution in [3.63, 3.8) is 0 Å². The van der Waals surface area contributed by atoms with Crippen LogP contribution in [0.1, 0.15) is 50.3 Å². The van der Waals surface area contributed by atoms with E-state index in [1.807, 2.05) is 29.2 Å². The standard InChI is InChI=1S/C27H36N4O4S/c1-3-14-29-16-18-30(19-17-29)27(33)20-25-24-8-6-5-7-21(24)13-15-31(25)36(34,35)23-11-9-22(10-12-23)28-26(32)4-2/h5-12,25H,3-4,13-20H2,1-2H3,(H,28,32)/t25-/m0/s1. The Hall–Kier alpha value is -2.75. The summed E-state index contributed by atoms with van der Waals surface area (Å²) in [5, 5.41) is 2.74. The molecule has 0 aromatic heterocycles. The van der Waals surface area contributed by atoms with Crippen LogP contribution < -0.4 is 5.32 Å². The molecule has 1 fully saturated rings. The van der Waals surface area contributed by atoms with Gasteiger partial charge < -0.3 is 10.2 Å². The zero-order valence-electron chi connectivity index (χ0n) is 21.2. The van der Waals surface area contributed by atoms with Crippen molar-refractivity contribution in [1.29, 1.82) is 0 Å². The van der Waals surface area contributed by atoms with Crippen molar-refractivity contribution < 1.29 is 18.0 Å². The number of nitrogens with one attached hydrogen (secondary N) is 1. The van der Waals surface area contributed by atoms with E-state index in [-0.39, 0.29) is 23.1 Å². The third-order valence-electron chi connectivity index (χ3n) is 7.06. The van der Waals surface area contributed by atoms with E-state index in [2.05, 4.69) is 17.1 Å². The number of carbonyl (C=O) groups excluding carboxylic acids is 2. The SMILES string of the molecule is CCCN1CCN(C(=O)C[C@H]2c3ccccc3CCN2S(=O)(=O)c2ccc(NC(=O)CC)cc2)CC1. The Morgan fingerprint density at radius 3 is 2.31 bits per heavy atom. The third kappa shape index (κ3) is 5.79. The van der Waals surface area contributed by atoms with Crippen molar-refractivity contribution in [2.75, 3.05) is 44.6 Å². The van der Waals surface area contributed by atoms with E-state index in [4.69, 9.17) is 0 Å². The van der Waals surface area contributed by atoms with Crippen molar-refractivity contribution in [1.82, 2.24) is 14.1 Å². The first-order chi connectivity index (χ1) is 17.3. The lowest BCUT2D eigenvalue weighted by molar-refractivity contribution is -0.134. The first kappa shape index (κ1) is 26.3. The maximum absolute atomic E-state index is 13.8. The number of hydrogen-bond donors (Lipinski definition) is 1. The van der Waals surface area contributed by atoms with Gasteiger partial charge in [-0.1, -0.05) is 38.1 Å². The first-order valence-corrected chi connectivity index (χ1v) is 14.3. The molecule has 0 bridgehead atoms. The zero-order chi connectivity index (χ0) is 25.7. The number of anilines is 1. The molecule has 2 aliphatic heterocycles. The van der Waals surface area contributed by atoms with E-state index in [0.717, 1.165) is 37.2 Å². The van der Waals surface area contributed by atoms with Crippen molar-refractivity contribution in [3.05, 3.63) is 59.7 Å². The predicted octanol–water partition coefficient (Wildman–Crippen LogP) is 3.27. The Morgan fingerprint density at radius 1 is 0.944 bits per heavy atom. The van der Waals surface area contributed by atoms with Gasteiger partial charge in [0.05, 0.1) is 10.9 Å². The highest BCUT2D eigenvalue weighted by Gasteiger charge is 2.38. The Kier molecular flexibility index (Phi) is 8.43. The van der Waals surface area contributed by atoms with Gasteiger partial charge in [0, 0.05) is 51.3 Å². The molecule has 36 heavy (non-hydrogen) atoms. The predicted molar refractivity (Wildman–Crippen MR) is 140 cm³/mol. The van der Waals surface area contributed by atoms with Crippen LogP contribution in [0.3, 0.4) is 0 Å². The summed E-state index contributed by atoms with van der Waals surface area (Å²) in [4.78, 5) is 29.4. The molecule has 2 aromatic rings. The number of sulfonamides is 1. The molecule has 2 amide bonds. The van der Waals surface area contributed by atoms with Gasteiger partial charge >= 0.3 is 0 Å². The second-order valence-electron chi connectivity index (χ2n) is 9.43. The minimum Gasteiger partial charge on any atom is -0.340 e. The van der Waals surface area contributed by atoms with E-state index in [9.17, 15) is 18.0 Å². The highest BCUT2D eigenvalue weighted by molar-refractivity contribution is 7.89. The molecule has 0 unspecified atom stereocenters. The van der Waals surface area contributed by atoms with Crippen molar-refractivity contribution in [2.45, 2.75) is 50.5 Å². The maximum atomic E-state index is 13.8. The van der Waals surface area contributed by atoms with Crippen molar-refractivity contribution in [2.24, 2.45) is 0 Å². The van der Waals surface area contributed by atoms with Crippen LogP contribution in [-0.2, 0) is 26.0 Å². The Bertz CT molecular complexity index is 1170. The van der Waals surface area contributed by atoms with Gasteiger partial charge in [-0.2, -0.15) is 4.31 Å². The number of hydrogen-bond acceptors (Lipinski definition) is 5. The fraction of sp³-hybridized carbons (Fsp3) is 0.481. The maximum Gasteiger partial charge on any atom is 0.243 e. The molecule has 4 rings (SSSR count). The molecule has 2 aromatic carbocycles. The van der Waals surface area contributed by atoms with E-state index in [1.165, 1.54) is 16.4 Å². The fourth-order valence-corrected chi connectivity index (χ4v) is 6.66. The van der Waals surface area contributed by atoms with Crippen LogP contribution in [0.15, 0.2) is 53.4 Å². The molecule has 1 atom stereocenters. The lowest BCUT2D eigenvalue weighted by atomic mass is 9.92. The summed E-state index contributed by atoms with van der Waals surface area (Å²) in [7, 11) is -3.86. The van der Waals surface area contributed by atoms with E-state index >= 15 is 0 Å². The van der Waals surface area contributed by atoms with Gasteiger partial charge in [0.15, 0.2) is 0 Å². The number of carbonyl (C=O) groups is 2. The molecule has 2 heterocycles. The van der Waals surface area contributed by atoms with Crippen molar-refractivity contribution in [3.8, 4) is 0 Å². The van der Waals surface area contributed by atoms with Crippen LogP contribution in [0.2, 0.25) is 0 Å². The van der Waals surface area contributed by atoms with E-state index < -0.39 is 16.1 Å². The molecule has 1 saturated heterocycles. The second-order valence-corrected chi connectivity index (χ2v) is 11.3.